The average Bonchev–Trinajstić information content (AvgIpc) is 2.93. The quantitative estimate of drug-likeness (QED) is 0.842. The summed E-state index contributed by atoms with van der Waals surface area (Å²) < 4.78 is 13.3. The standard InChI is InChI=1S/C21H32FN3O2/c1-16-10-20(22)5-4-17(16)11-21(27)25-13-18(19(14-25)15-26)12-24-7-3-6-23(2)8-9-24/h4-5,10,18-19,26H,3,6-9,11-15H2,1-2H3/t18-,19-/m1/s1. The van der Waals surface area contributed by atoms with E-state index in [4.69, 9.17) is 0 Å². The molecule has 1 N–H and O–H groups in total. The Morgan fingerprint density at radius 2 is 1.96 bits per heavy atom. The number of likely N-dealkylation sites (tertiary alicyclic amines) is 1. The minimum Gasteiger partial charge on any atom is -0.396 e. The van der Waals surface area contributed by atoms with E-state index in [0.29, 0.717) is 25.4 Å². The summed E-state index contributed by atoms with van der Waals surface area (Å²) in [5.41, 5.74) is 1.69. The van der Waals surface area contributed by atoms with Gasteiger partial charge in [0, 0.05) is 45.2 Å². The number of nitrogens with zero attached hydrogens (tertiary/aromatic N) is 3. The highest BCUT2D eigenvalue weighted by molar-refractivity contribution is 5.79. The van der Waals surface area contributed by atoms with Gasteiger partial charge >= 0.3 is 0 Å². The second-order valence-electron chi connectivity index (χ2n) is 8.21. The van der Waals surface area contributed by atoms with Crippen molar-refractivity contribution in [2.24, 2.45) is 11.8 Å². The van der Waals surface area contributed by atoms with Crippen molar-refractivity contribution >= 4 is 5.91 Å². The van der Waals surface area contributed by atoms with Gasteiger partial charge in [0.2, 0.25) is 5.91 Å². The van der Waals surface area contributed by atoms with E-state index in [1.807, 2.05) is 11.8 Å². The van der Waals surface area contributed by atoms with E-state index in [9.17, 15) is 14.3 Å². The van der Waals surface area contributed by atoms with Crippen LogP contribution in [0.4, 0.5) is 4.39 Å². The van der Waals surface area contributed by atoms with Crippen molar-refractivity contribution in [1.29, 1.82) is 0 Å². The van der Waals surface area contributed by atoms with Gasteiger partial charge in [-0.15, -0.1) is 0 Å². The number of carbonyl (C=O) groups is 1. The molecular formula is C21H32FN3O2. The van der Waals surface area contributed by atoms with Crippen molar-refractivity contribution in [3.05, 3.63) is 35.1 Å². The molecule has 2 fully saturated rings. The lowest BCUT2D eigenvalue weighted by molar-refractivity contribution is -0.129. The predicted molar refractivity (Wildman–Crippen MR) is 104 cm³/mol. The Morgan fingerprint density at radius 1 is 1.19 bits per heavy atom. The van der Waals surface area contributed by atoms with E-state index >= 15 is 0 Å². The molecule has 0 saturated carbocycles. The van der Waals surface area contributed by atoms with Crippen molar-refractivity contribution < 1.29 is 14.3 Å². The highest BCUT2D eigenvalue weighted by Crippen LogP contribution is 2.25. The maximum absolute atomic E-state index is 13.3. The molecule has 2 aliphatic heterocycles. The first-order chi connectivity index (χ1) is 13.0. The maximum Gasteiger partial charge on any atom is 0.227 e. The minimum atomic E-state index is -0.270. The summed E-state index contributed by atoms with van der Waals surface area (Å²) in [7, 11) is 2.16. The monoisotopic (exact) mass is 377 g/mol. The van der Waals surface area contributed by atoms with Crippen LogP contribution in [-0.4, -0.2) is 85.2 Å². The van der Waals surface area contributed by atoms with Gasteiger partial charge in [0.1, 0.15) is 5.82 Å². The fourth-order valence-electron chi connectivity index (χ4n) is 4.30. The van der Waals surface area contributed by atoms with E-state index in [1.54, 1.807) is 6.07 Å². The molecule has 6 heteroatoms. The van der Waals surface area contributed by atoms with Gasteiger partial charge in [-0.3, -0.25) is 4.79 Å². The van der Waals surface area contributed by atoms with Gasteiger partial charge in [0.15, 0.2) is 0 Å². The smallest absolute Gasteiger partial charge is 0.227 e. The number of benzene rings is 1. The summed E-state index contributed by atoms with van der Waals surface area (Å²) in [5, 5.41) is 9.82. The summed E-state index contributed by atoms with van der Waals surface area (Å²) >= 11 is 0. The highest BCUT2D eigenvalue weighted by Gasteiger charge is 2.35. The molecule has 2 atom stereocenters. The van der Waals surface area contributed by atoms with Crippen molar-refractivity contribution in [2.45, 2.75) is 19.8 Å². The first-order valence-corrected chi connectivity index (χ1v) is 10.0. The van der Waals surface area contributed by atoms with Crippen LogP contribution in [0, 0.1) is 24.6 Å². The van der Waals surface area contributed by atoms with Crippen molar-refractivity contribution in [1.82, 2.24) is 14.7 Å². The number of rotatable bonds is 5. The molecule has 0 spiro atoms. The lowest BCUT2D eigenvalue weighted by Crippen LogP contribution is -2.36. The number of aliphatic hydroxyl groups is 1. The van der Waals surface area contributed by atoms with E-state index in [2.05, 4.69) is 16.8 Å². The first-order valence-electron chi connectivity index (χ1n) is 10.0. The van der Waals surface area contributed by atoms with E-state index in [1.165, 1.54) is 18.6 Å². The topological polar surface area (TPSA) is 47.0 Å². The summed E-state index contributed by atoms with van der Waals surface area (Å²) in [6.07, 6.45) is 1.46. The number of hydrogen-bond donors (Lipinski definition) is 1. The number of amides is 1. The molecule has 2 saturated heterocycles. The number of aliphatic hydroxyl groups excluding tert-OH is 1. The van der Waals surface area contributed by atoms with Crippen LogP contribution in [-0.2, 0) is 11.2 Å². The van der Waals surface area contributed by atoms with Gasteiger partial charge in [-0.1, -0.05) is 6.07 Å². The van der Waals surface area contributed by atoms with E-state index < -0.39 is 0 Å². The molecule has 0 radical (unpaired) electrons. The van der Waals surface area contributed by atoms with Crippen LogP contribution in [0.3, 0.4) is 0 Å². The summed E-state index contributed by atoms with van der Waals surface area (Å²) in [6, 6.07) is 4.59. The molecule has 3 rings (SSSR count). The van der Waals surface area contributed by atoms with Crippen molar-refractivity contribution in [3.63, 3.8) is 0 Å². The normalized spacial score (nSPS) is 25.0. The number of aryl methyl sites for hydroxylation is 1. The zero-order chi connectivity index (χ0) is 19.4. The average molecular weight is 378 g/mol. The summed E-state index contributed by atoms with van der Waals surface area (Å²) in [5.74, 6) is 0.260. The molecule has 2 aliphatic rings. The van der Waals surface area contributed by atoms with Gasteiger partial charge in [0.05, 0.1) is 6.42 Å². The van der Waals surface area contributed by atoms with E-state index in [0.717, 1.165) is 43.9 Å². The highest BCUT2D eigenvalue weighted by atomic mass is 19.1. The predicted octanol–water partition coefficient (Wildman–Crippen LogP) is 1.38. The largest absolute Gasteiger partial charge is 0.396 e. The van der Waals surface area contributed by atoms with Crippen molar-refractivity contribution in [3.8, 4) is 0 Å². The Hall–Kier alpha value is -1.50. The fraction of sp³-hybridized carbons (Fsp3) is 0.667. The molecule has 0 aliphatic carbocycles. The zero-order valence-corrected chi connectivity index (χ0v) is 16.5. The van der Waals surface area contributed by atoms with Crippen LogP contribution in [0.5, 0.6) is 0 Å². The van der Waals surface area contributed by atoms with E-state index in [-0.39, 0.29) is 24.2 Å². The Morgan fingerprint density at radius 3 is 2.70 bits per heavy atom. The lowest BCUT2D eigenvalue weighted by atomic mass is 9.96. The molecular weight excluding hydrogens is 345 g/mol. The SMILES string of the molecule is Cc1cc(F)ccc1CC(=O)N1C[C@@H](CN2CCCN(C)CC2)[C@@H](CO)C1. The maximum atomic E-state index is 13.3. The van der Waals surface area contributed by atoms with Crippen LogP contribution < -0.4 is 0 Å². The molecule has 0 bridgehead atoms. The third-order valence-electron chi connectivity index (χ3n) is 6.11. The summed E-state index contributed by atoms with van der Waals surface area (Å²) in [6.45, 7) is 8.57. The first kappa shape index (κ1) is 20.2. The number of likely N-dealkylation sites (N-methyl/N-ethyl adjacent to an activating group) is 1. The Bertz CT molecular complexity index is 654. The molecule has 1 aromatic carbocycles. The summed E-state index contributed by atoms with van der Waals surface area (Å²) in [4.78, 5) is 19.5. The van der Waals surface area contributed by atoms with Crippen LogP contribution in [0.25, 0.3) is 0 Å². The van der Waals surface area contributed by atoms with Gasteiger partial charge in [-0.2, -0.15) is 0 Å². The molecule has 1 aromatic rings. The van der Waals surface area contributed by atoms with Gasteiger partial charge in [-0.05, 0) is 62.7 Å². The van der Waals surface area contributed by atoms with Gasteiger partial charge in [-0.25, -0.2) is 4.39 Å². The Labute approximate surface area is 161 Å². The number of hydrogen-bond acceptors (Lipinski definition) is 4. The lowest BCUT2D eigenvalue weighted by Gasteiger charge is -2.26. The molecule has 2 heterocycles. The van der Waals surface area contributed by atoms with Crippen LogP contribution >= 0.6 is 0 Å². The third kappa shape index (κ3) is 5.27. The van der Waals surface area contributed by atoms with Gasteiger partial charge in [0.25, 0.3) is 0 Å². The number of halogens is 1. The van der Waals surface area contributed by atoms with Crippen LogP contribution in [0.15, 0.2) is 18.2 Å². The Balaban J connectivity index is 1.58. The fourth-order valence-corrected chi connectivity index (χ4v) is 4.30. The molecule has 150 valence electrons. The molecule has 1 amide bonds. The second-order valence-corrected chi connectivity index (χ2v) is 8.21. The van der Waals surface area contributed by atoms with Gasteiger partial charge < -0.3 is 19.8 Å². The molecule has 0 aromatic heterocycles. The van der Waals surface area contributed by atoms with Crippen molar-refractivity contribution in [2.75, 3.05) is 59.5 Å². The second kappa shape index (κ2) is 9.13. The minimum absolute atomic E-state index is 0.0706. The van der Waals surface area contributed by atoms with Crippen LogP contribution in [0.2, 0.25) is 0 Å². The van der Waals surface area contributed by atoms with Crippen LogP contribution in [0.1, 0.15) is 17.5 Å². The number of carbonyl (C=O) groups excluding carboxylic acids is 1. The molecule has 0 unspecified atom stereocenters. The zero-order valence-electron chi connectivity index (χ0n) is 16.5. The third-order valence-corrected chi connectivity index (χ3v) is 6.11. The molecule has 27 heavy (non-hydrogen) atoms. The Kier molecular flexibility index (Phi) is 6.84. The molecule has 5 nitrogen and oxygen atoms in total.